The van der Waals surface area contributed by atoms with E-state index in [1.165, 1.54) is 0 Å². The Kier molecular flexibility index (Phi) is 5.44. The summed E-state index contributed by atoms with van der Waals surface area (Å²) in [5.41, 5.74) is 1.03. The van der Waals surface area contributed by atoms with Crippen molar-refractivity contribution >= 4 is 23.4 Å². The third kappa shape index (κ3) is 3.81. The normalized spacial score (nSPS) is 19.9. The number of nitrogens with one attached hydrogen (secondary N) is 1. The highest BCUT2D eigenvalue weighted by molar-refractivity contribution is 6.01. The van der Waals surface area contributed by atoms with Gasteiger partial charge in [-0.3, -0.25) is 14.4 Å². The fraction of sp³-hybridized carbons (Fsp3) is 0.526. The first-order valence-corrected chi connectivity index (χ1v) is 9.18. The van der Waals surface area contributed by atoms with Crippen LogP contribution in [0.4, 0.5) is 5.69 Å². The topological polar surface area (TPSA) is 79.0 Å². The van der Waals surface area contributed by atoms with Gasteiger partial charge in [0.05, 0.1) is 5.69 Å². The average Bonchev–Trinajstić information content (AvgIpc) is 2.88. The molecule has 1 N–H and O–H groups in total. The average molecular weight is 359 g/mol. The minimum atomic E-state index is -0.540. The van der Waals surface area contributed by atoms with Crippen molar-refractivity contribution in [3.8, 4) is 5.75 Å². The van der Waals surface area contributed by atoms with Gasteiger partial charge >= 0.3 is 0 Å². The highest BCUT2D eigenvalue weighted by Crippen LogP contribution is 2.30. The van der Waals surface area contributed by atoms with Gasteiger partial charge in [-0.1, -0.05) is 6.92 Å². The molecule has 1 aromatic rings. The Morgan fingerprint density at radius 1 is 1.19 bits per heavy atom. The number of benzene rings is 1. The van der Waals surface area contributed by atoms with Crippen molar-refractivity contribution in [1.82, 2.24) is 9.80 Å². The Balaban J connectivity index is 1.69. The summed E-state index contributed by atoms with van der Waals surface area (Å²) in [5, 5.41) is 2.77. The number of ether oxygens (including phenoxy) is 1. The van der Waals surface area contributed by atoms with Crippen LogP contribution in [0.25, 0.3) is 0 Å². The molecule has 2 aliphatic rings. The number of hydrogen-bond acceptors (Lipinski definition) is 4. The summed E-state index contributed by atoms with van der Waals surface area (Å²) >= 11 is 0. The van der Waals surface area contributed by atoms with E-state index < -0.39 is 6.10 Å². The molecule has 26 heavy (non-hydrogen) atoms. The fourth-order valence-corrected chi connectivity index (χ4v) is 3.27. The molecule has 140 valence electrons. The van der Waals surface area contributed by atoms with E-state index in [-0.39, 0.29) is 17.7 Å². The number of nitrogens with zero attached hydrogens (tertiary/aromatic N) is 2. The van der Waals surface area contributed by atoms with Gasteiger partial charge in [0, 0.05) is 38.2 Å². The lowest BCUT2D eigenvalue weighted by Gasteiger charge is -2.25. The van der Waals surface area contributed by atoms with Gasteiger partial charge in [-0.2, -0.15) is 0 Å². The van der Waals surface area contributed by atoms with Gasteiger partial charge < -0.3 is 19.9 Å². The lowest BCUT2D eigenvalue weighted by Crippen LogP contribution is -2.37. The smallest absolute Gasteiger partial charge is 0.265 e. The summed E-state index contributed by atoms with van der Waals surface area (Å²) in [6, 6.07) is 5.09. The molecule has 0 aromatic heterocycles. The summed E-state index contributed by atoms with van der Waals surface area (Å²) in [4.78, 5) is 40.3. The first-order chi connectivity index (χ1) is 12.5. The van der Waals surface area contributed by atoms with Crippen LogP contribution in [0.5, 0.6) is 5.75 Å². The standard InChI is InChI=1S/C19H25N3O4/c1-3-5-17(23)21-8-4-9-22(11-10-21)19(25)14-6-7-16-15(12-14)20-18(24)13(2)26-16/h6-7,12-13H,3-5,8-11H2,1-2H3,(H,20,24). The maximum Gasteiger partial charge on any atom is 0.265 e. The molecule has 0 aliphatic carbocycles. The molecule has 0 radical (unpaired) electrons. The second-order valence-electron chi connectivity index (χ2n) is 6.74. The number of hydrogen-bond donors (Lipinski definition) is 1. The van der Waals surface area contributed by atoms with Gasteiger partial charge in [0.15, 0.2) is 6.10 Å². The molecule has 1 aromatic carbocycles. The van der Waals surface area contributed by atoms with Crippen LogP contribution in [0.15, 0.2) is 18.2 Å². The van der Waals surface area contributed by atoms with Crippen molar-refractivity contribution in [1.29, 1.82) is 0 Å². The van der Waals surface area contributed by atoms with Crippen molar-refractivity contribution in [3.05, 3.63) is 23.8 Å². The van der Waals surface area contributed by atoms with E-state index >= 15 is 0 Å². The first kappa shape index (κ1) is 18.2. The van der Waals surface area contributed by atoms with E-state index in [1.807, 2.05) is 11.8 Å². The molecule has 3 amide bonds. The third-order valence-corrected chi connectivity index (χ3v) is 4.76. The van der Waals surface area contributed by atoms with Crippen molar-refractivity contribution < 1.29 is 19.1 Å². The number of carbonyl (C=O) groups excluding carboxylic acids is 3. The Morgan fingerprint density at radius 3 is 2.69 bits per heavy atom. The molecule has 1 unspecified atom stereocenters. The highest BCUT2D eigenvalue weighted by Gasteiger charge is 2.26. The monoisotopic (exact) mass is 359 g/mol. The number of amides is 3. The Morgan fingerprint density at radius 2 is 1.92 bits per heavy atom. The Hall–Kier alpha value is -2.57. The third-order valence-electron chi connectivity index (χ3n) is 4.76. The van der Waals surface area contributed by atoms with Gasteiger partial charge in [-0.05, 0) is 38.0 Å². The second kappa shape index (κ2) is 7.76. The van der Waals surface area contributed by atoms with Crippen LogP contribution in [0, 0.1) is 0 Å². The molecule has 2 aliphatic heterocycles. The molecule has 1 atom stereocenters. The van der Waals surface area contributed by atoms with Crippen LogP contribution in [0.2, 0.25) is 0 Å². The van der Waals surface area contributed by atoms with Crippen LogP contribution < -0.4 is 10.1 Å². The SMILES string of the molecule is CCCC(=O)N1CCCN(C(=O)c2ccc3c(c2)NC(=O)C(C)O3)CC1. The summed E-state index contributed by atoms with van der Waals surface area (Å²) in [6.07, 6.45) is 1.61. The molecule has 0 saturated carbocycles. The van der Waals surface area contributed by atoms with Crippen LogP contribution in [-0.4, -0.2) is 59.8 Å². The zero-order valence-electron chi connectivity index (χ0n) is 15.3. The van der Waals surface area contributed by atoms with E-state index in [4.69, 9.17) is 4.74 Å². The maximum absolute atomic E-state index is 12.9. The lowest BCUT2D eigenvalue weighted by atomic mass is 10.1. The minimum absolute atomic E-state index is 0.0922. The van der Waals surface area contributed by atoms with Crippen molar-refractivity contribution in [3.63, 3.8) is 0 Å². The molecule has 1 saturated heterocycles. The molecule has 7 heteroatoms. The van der Waals surface area contributed by atoms with E-state index in [2.05, 4.69) is 5.32 Å². The van der Waals surface area contributed by atoms with Crippen molar-refractivity contribution in [2.24, 2.45) is 0 Å². The number of rotatable bonds is 3. The summed E-state index contributed by atoms with van der Waals surface area (Å²) in [6.45, 7) is 6.06. The molecule has 2 heterocycles. The number of fused-ring (bicyclic) bond motifs is 1. The molecular weight excluding hydrogens is 334 g/mol. The highest BCUT2D eigenvalue weighted by atomic mass is 16.5. The van der Waals surface area contributed by atoms with Crippen LogP contribution >= 0.6 is 0 Å². The molecule has 7 nitrogen and oxygen atoms in total. The van der Waals surface area contributed by atoms with Gasteiger partial charge in [0.1, 0.15) is 5.75 Å². The van der Waals surface area contributed by atoms with E-state index in [9.17, 15) is 14.4 Å². The Labute approximate surface area is 153 Å². The molecular formula is C19H25N3O4. The summed E-state index contributed by atoms with van der Waals surface area (Å²) in [5.74, 6) is 0.415. The predicted octanol–water partition coefficient (Wildman–Crippen LogP) is 1.88. The molecule has 0 bridgehead atoms. The summed E-state index contributed by atoms with van der Waals surface area (Å²) < 4.78 is 5.53. The fourth-order valence-electron chi connectivity index (χ4n) is 3.27. The molecule has 1 fully saturated rings. The number of anilines is 1. The van der Waals surface area contributed by atoms with Crippen molar-refractivity contribution in [2.45, 2.75) is 39.2 Å². The predicted molar refractivity (Wildman–Crippen MR) is 97.2 cm³/mol. The van der Waals surface area contributed by atoms with Crippen LogP contribution in [-0.2, 0) is 9.59 Å². The molecule has 3 rings (SSSR count). The lowest BCUT2D eigenvalue weighted by molar-refractivity contribution is -0.131. The maximum atomic E-state index is 12.9. The van der Waals surface area contributed by atoms with Gasteiger partial charge in [0.2, 0.25) is 5.91 Å². The molecule has 0 spiro atoms. The quantitative estimate of drug-likeness (QED) is 0.894. The van der Waals surface area contributed by atoms with E-state index in [0.717, 1.165) is 12.8 Å². The van der Waals surface area contributed by atoms with E-state index in [0.29, 0.717) is 49.6 Å². The largest absolute Gasteiger partial charge is 0.479 e. The van der Waals surface area contributed by atoms with Crippen LogP contribution in [0.1, 0.15) is 43.5 Å². The summed E-state index contributed by atoms with van der Waals surface area (Å²) in [7, 11) is 0. The number of carbonyl (C=O) groups is 3. The zero-order valence-corrected chi connectivity index (χ0v) is 15.3. The minimum Gasteiger partial charge on any atom is -0.479 e. The van der Waals surface area contributed by atoms with Gasteiger partial charge in [-0.15, -0.1) is 0 Å². The van der Waals surface area contributed by atoms with Crippen molar-refractivity contribution in [2.75, 3.05) is 31.5 Å². The van der Waals surface area contributed by atoms with E-state index in [1.54, 1.807) is 30.0 Å². The Bertz CT molecular complexity index is 719. The first-order valence-electron chi connectivity index (χ1n) is 9.18. The van der Waals surface area contributed by atoms with Gasteiger partial charge in [-0.25, -0.2) is 0 Å². The zero-order chi connectivity index (χ0) is 18.7. The second-order valence-corrected chi connectivity index (χ2v) is 6.74. The van der Waals surface area contributed by atoms with Crippen LogP contribution in [0.3, 0.4) is 0 Å². The van der Waals surface area contributed by atoms with Gasteiger partial charge in [0.25, 0.3) is 11.8 Å².